The third-order valence-corrected chi connectivity index (χ3v) is 0.979. The van der Waals surface area contributed by atoms with Gasteiger partial charge in [-0.3, -0.25) is 0 Å². The van der Waals surface area contributed by atoms with Gasteiger partial charge in [0.25, 0.3) is 6.79 Å². The van der Waals surface area contributed by atoms with Crippen LogP contribution in [-0.2, 0) is 18.2 Å². The van der Waals surface area contributed by atoms with Crippen LogP contribution in [0.5, 0.6) is 0 Å². The van der Waals surface area contributed by atoms with E-state index >= 15 is 0 Å². The standard InChI is InChI=1S/CH2O6P2.H3N/c2-8(3)6-1-7-9(4)5;/h1H2;1H3/p+2. The quantitative estimate of drug-likeness (QED) is 0.434. The molecule has 0 aromatic heterocycles. The van der Waals surface area contributed by atoms with Gasteiger partial charge in [0.1, 0.15) is 0 Å². The zero-order valence-corrected chi connectivity index (χ0v) is 6.62. The van der Waals surface area contributed by atoms with E-state index in [1.165, 1.54) is 0 Å². The maximum Gasteiger partial charge on any atom is 0.697 e. The molecule has 0 heterocycles. The molecule has 2 unspecified atom stereocenters. The summed E-state index contributed by atoms with van der Waals surface area (Å²) >= 11 is 0. The van der Waals surface area contributed by atoms with Gasteiger partial charge in [0, 0.05) is 9.13 Å². The van der Waals surface area contributed by atoms with Crippen molar-refractivity contribution in [3.05, 3.63) is 0 Å². The molecule has 10 heavy (non-hydrogen) atoms. The molecule has 0 aromatic carbocycles. The lowest BCUT2D eigenvalue weighted by atomic mass is 11.6. The minimum atomic E-state index is -2.75. The minimum absolute atomic E-state index is 0. The van der Waals surface area contributed by atoms with Crippen molar-refractivity contribution in [2.24, 2.45) is 0 Å². The van der Waals surface area contributed by atoms with Crippen LogP contribution in [0.1, 0.15) is 0 Å². The Bertz CT molecular complexity index is 111. The summed E-state index contributed by atoms with van der Waals surface area (Å²) in [6.07, 6.45) is 0. The van der Waals surface area contributed by atoms with Crippen molar-refractivity contribution in [1.29, 1.82) is 0 Å². The monoisotopic (exact) mass is 191 g/mol. The maximum atomic E-state index is 9.65. The Morgan fingerprint density at radius 3 is 1.60 bits per heavy atom. The van der Waals surface area contributed by atoms with Gasteiger partial charge in [0.2, 0.25) is 0 Å². The van der Waals surface area contributed by atoms with E-state index in [2.05, 4.69) is 9.05 Å². The number of hydrogen-bond donors (Lipinski definition) is 3. The van der Waals surface area contributed by atoms with Gasteiger partial charge in [-0.1, -0.05) is 9.05 Å². The Morgan fingerprint density at radius 1 is 1.10 bits per heavy atom. The molecule has 0 aliphatic heterocycles. The van der Waals surface area contributed by atoms with Crippen LogP contribution in [0.4, 0.5) is 0 Å². The molecule has 60 valence electrons. The molecule has 0 radical (unpaired) electrons. The van der Waals surface area contributed by atoms with Crippen molar-refractivity contribution in [3.63, 3.8) is 0 Å². The highest BCUT2D eigenvalue weighted by atomic mass is 31.1. The summed E-state index contributed by atoms with van der Waals surface area (Å²) in [4.78, 5) is 15.8. The second-order valence-electron chi connectivity index (χ2n) is 0.852. The van der Waals surface area contributed by atoms with Crippen molar-refractivity contribution in [2.45, 2.75) is 0 Å². The molecule has 0 aliphatic rings. The predicted octanol–water partition coefficient (Wildman–Crippen LogP) is 0.438. The third-order valence-electron chi connectivity index (χ3n) is 0.326. The first-order valence-electron chi connectivity index (χ1n) is 1.71. The summed E-state index contributed by atoms with van der Waals surface area (Å²) in [6, 6.07) is 0. The number of hydrogen-bond acceptors (Lipinski definition) is 5. The van der Waals surface area contributed by atoms with Crippen LogP contribution in [0.25, 0.3) is 0 Å². The molecule has 0 saturated carbocycles. The molecule has 0 amide bonds. The summed E-state index contributed by atoms with van der Waals surface area (Å²) < 4.78 is 27.0. The van der Waals surface area contributed by atoms with Gasteiger partial charge in [-0.25, -0.2) is 0 Å². The molecule has 9 heteroatoms. The highest BCUT2D eigenvalue weighted by Gasteiger charge is 2.18. The lowest BCUT2D eigenvalue weighted by Crippen LogP contribution is -1.85. The zero-order valence-electron chi connectivity index (χ0n) is 4.84. The molecule has 0 aromatic rings. The molecule has 0 aliphatic carbocycles. The van der Waals surface area contributed by atoms with E-state index in [1.807, 2.05) is 0 Å². The van der Waals surface area contributed by atoms with Crippen LogP contribution in [-0.4, -0.2) is 16.6 Å². The Morgan fingerprint density at radius 2 is 1.40 bits per heavy atom. The van der Waals surface area contributed by atoms with E-state index < -0.39 is 23.3 Å². The second-order valence-corrected chi connectivity index (χ2v) is 2.32. The Hall–Kier alpha value is -0.0000000000000000486. The lowest BCUT2D eigenvalue weighted by Gasteiger charge is -1.74. The topological polar surface area (TPSA) is 128 Å². The summed E-state index contributed by atoms with van der Waals surface area (Å²) in [5.41, 5.74) is 0. The molecule has 0 saturated heterocycles. The fourth-order valence-electron chi connectivity index (χ4n) is 0.114. The average molecular weight is 191 g/mol. The second kappa shape index (κ2) is 7.11. The van der Waals surface area contributed by atoms with E-state index in [1.54, 1.807) is 0 Å². The Labute approximate surface area is 58.4 Å². The molecule has 5 N–H and O–H groups in total. The van der Waals surface area contributed by atoms with E-state index in [-0.39, 0.29) is 6.15 Å². The Balaban J connectivity index is 0. The van der Waals surface area contributed by atoms with Gasteiger partial charge in [0.15, 0.2) is 0 Å². The van der Waals surface area contributed by atoms with Gasteiger partial charge in [-0.2, -0.15) is 0 Å². The molecular weight excluding hydrogens is 184 g/mol. The first-order valence-corrected chi connectivity index (χ1v) is 3.97. The van der Waals surface area contributed by atoms with Crippen LogP contribution in [0.2, 0.25) is 0 Å². The first-order chi connectivity index (χ1) is 4.13. The molecular formula is CH7NO6P2+2. The summed E-state index contributed by atoms with van der Waals surface area (Å²) in [5, 5.41) is 0. The van der Waals surface area contributed by atoms with Crippen LogP contribution < -0.4 is 6.15 Å². The molecule has 0 bridgehead atoms. The largest absolute Gasteiger partial charge is 0.697 e. The van der Waals surface area contributed by atoms with Crippen molar-refractivity contribution in [3.8, 4) is 0 Å². The molecule has 0 fully saturated rings. The average Bonchev–Trinajstić information content (AvgIpc) is 1.63. The molecule has 0 spiro atoms. The van der Waals surface area contributed by atoms with Crippen LogP contribution >= 0.6 is 16.5 Å². The normalized spacial score (nSPS) is 11.8. The summed E-state index contributed by atoms with van der Waals surface area (Å²) in [5.74, 6) is 0. The van der Waals surface area contributed by atoms with Gasteiger partial charge in [-0.15, -0.1) is 9.79 Å². The highest BCUT2D eigenvalue weighted by Crippen LogP contribution is 2.19. The fraction of sp³-hybridized carbons (Fsp3) is 1.00. The fourth-order valence-corrected chi connectivity index (χ4v) is 0.483. The predicted molar refractivity (Wildman–Crippen MR) is 31.7 cm³/mol. The number of rotatable bonds is 4. The van der Waals surface area contributed by atoms with Gasteiger partial charge >= 0.3 is 16.5 Å². The van der Waals surface area contributed by atoms with Gasteiger partial charge < -0.3 is 6.15 Å². The first kappa shape index (κ1) is 12.7. The zero-order chi connectivity index (χ0) is 7.28. The SMILES string of the molecule is N.O=[P+](O)OCO[P+](=O)O. The van der Waals surface area contributed by atoms with Crippen molar-refractivity contribution >= 4 is 16.5 Å². The van der Waals surface area contributed by atoms with Crippen molar-refractivity contribution in [1.82, 2.24) is 6.15 Å². The summed E-state index contributed by atoms with van der Waals surface area (Å²) in [6.45, 7) is -0.655. The van der Waals surface area contributed by atoms with E-state index in [0.29, 0.717) is 0 Å². The minimum Gasteiger partial charge on any atom is -0.344 e. The van der Waals surface area contributed by atoms with Crippen LogP contribution in [0, 0.1) is 0 Å². The maximum absolute atomic E-state index is 9.65. The van der Waals surface area contributed by atoms with Gasteiger partial charge in [0.05, 0.1) is 0 Å². The molecule has 0 rings (SSSR count). The van der Waals surface area contributed by atoms with Crippen molar-refractivity contribution in [2.75, 3.05) is 6.79 Å². The highest BCUT2D eigenvalue weighted by molar-refractivity contribution is 7.32. The van der Waals surface area contributed by atoms with Gasteiger partial charge in [-0.05, 0) is 0 Å². The summed E-state index contributed by atoms with van der Waals surface area (Å²) in [7, 11) is -5.49. The van der Waals surface area contributed by atoms with E-state index in [4.69, 9.17) is 9.79 Å². The lowest BCUT2D eigenvalue weighted by molar-refractivity contribution is 0.110. The van der Waals surface area contributed by atoms with Crippen LogP contribution in [0.3, 0.4) is 0 Å². The third kappa shape index (κ3) is 10.9. The van der Waals surface area contributed by atoms with Crippen LogP contribution in [0.15, 0.2) is 0 Å². The smallest absolute Gasteiger partial charge is 0.344 e. The molecule has 2 atom stereocenters. The Kier molecular flexibility index (Phi) is 9.00. The van der Waals surface area contributed by atoms with E-state index in [0.717, 1.165) is 0 Å². The van der Waals surface area contributed by atoms with E-state index in [9.17, 15) is 9.13 Å². The van der Waals surface area contributed by atoms with Crippen molar-refractivity contribution < 1.29 is 28.0 Å². The molecule has 7 nitrogen and oxygen atoms in total.